The van der Waals surface area contributed by atoms with Crippen molar-refractivity contribution in [3.63, 3.8) is 0 Å². The third kappa shape index (κ3) is 3.67. The van der Waals surface area contributed by atoms with Crippen molar-refractivity contribution in [2.75, 3.05) is 0 Å². The van der Waals surface area contributed by atoms with Crippen LogP contribution in [0, 0.1) is 13.8 Å². The third-order valence-corrected chi connectivity index (χ3v) is 5.08. The molecule has 0 aliphatic heterocycles. The summed E-state index contributed by atoms with van der Waals surface area (Å²) in [7, 11) is 0. The average Bonchev–Trinajstić information content (AvgIpc) is 3.12. The van der Waals surface area contributed by atoms with Gasteiger partial charge in [-0.1, -0.05) is 65.8 Å². The van der Waals surface area contributed by atoms with E-state index >= 15 is 0 Å². The first-order valence-corrected chi connectivity index (χ1v) is 9.36. The summed E-state index contributed by atoms with van der Waals surface area (Å²) in [6, 6.07) is 23.7. The van der Waals surface area contributed by atoms with E-state index in [-0.39, 0.29) is 18.4 Å². The second-order valence-electron chi connectivity index (χ2n) is 7.06. The molecule has 1 N–H and O–H groups in total. The van der Waals surface area contributed by atoms with E-state index in [4.69, 9.17) is 4.52 Å². The monoisotopic (exact) mass is 370 g/mol. The van der Waals surface area contributed by atoms with Crippen LogP contribution >= 0.6 is 0 Å². The Labute approximate surface area is 164 Å². The minimum absolute atomic E-state index is 0.0915. The predicted octanol–water partition coefficient (Wildman–Crippen LogP) is 4.89. The zero-order chi connectivity index (χ0) is 19.5. The molecule has 0 bridgehead atoms. The fourth-order valence-corrected chi connectivity index (χ4v) is 3.38. The van der Waals surface area contributed by atoms with E-state index < -0.39 is 0 Å². The summed E-state index contributed by atoms with van der Waals surface area (Å²) in [6.45, 7) is 4.18. The van der Waals surface area contributed by atoms with Crippen LogP contribution in [0.2, 0.25) is 0 Å². The average molecular weight is 370 g/mol. The van der Waals surface area contributed by atoms with Gasteiger partial charge in [0.05, 0.1) is 12.5 Å². The smallest absolute Gasteiger partial charge is 0.226 e. The van der Waals surface area contributed by atoms with Gasteiger partial charge >= 0.3 is 0 Å². The quantitative estimate of drug-likeness (QED) is 0.544. The van der Waals surface area contributed by atoms with Gasteiger partial charge < -0.3 is 9.84 Å². The lowest BCUT2D eigenvalue weighted by molar-refractivity contribution is -0.121. The summed E-state index contributed by atoms with van der Waals surface area (Å²) >= 11 is 0. The number of hydrogen-bond acceptors (Lipinski definition) is 3. The Morgan fingerprint density at radius 3 is 2.46 bits per heavy atom. The van der Waals surface area contributed by atoms with E-state index in [9.17, 15) is 4.79 Å². The van der Waals surface area contributed by atoms with Crippen LogP contribution in [0.15, 0.2) is 77.3 Å². The first-order chi connectivity index (χ1) is 13.6. The number of benzene rings is 3. The van der Waals surface area contributed by atoms with Crippen molar-refractivity contribution in [3.05, 3.63) is 101 Å². The maximum atomic E-state index is 12.9. The molecule has 0 saturated heterocycles. The largest absolute Gasteiger partial charge is 0.356 e. The Morgan fingerprint density at radius 1 is 0.929 bits per heavy atom. The molecule has 4 nitrogen and oxygen atoms in total. The van der Waals surface area contributed by atoms with Gasteiger partial charge in [-0.25, -0.2) is 0 Å². The number of carbonyl (C=O) groups is 1. The van der Waals surface area contributed by atoms with Crippen LogP contribution in [0.25, 0.3) is 11.0 Å². The molecule has 4 rings (SSSR count). The Balaban J connectivity index is 1.62. The Kier molecular flexibility index (Phi) is 4.94. The minimum Gasteiger partial charge on any atom is -0.356 e. The van der Waals surface area contributed by atoms with Crippen LogP contribution < -0.4 is 5.32 Å². The first kappa shape index (κ1) is 18.0. The molecule has 1 amide bonds. The van der Waals surface area contributed by atoms with E-state index in [0.29, 0.717) is 11.3 Å². The van der Waals surface area contributed by atoms with Gasteiger partial charge in [-0.3, -0.25) is 4.79 Å². The van der Waals surface area contributed by atoms with Gasteiger partial charge in [0.15, 0.2) is 5.58 Å². The molecule has 1 atom stereocenters. The first-order valence-electron chi connectivity index (χ1n) is 9.36. The molecule has 140 valence electrons. The van der Waals surface area contributed by atoms with Gasteiger partial charge in [0.2, 0.25) is 5.91 Å². The molecule has 0 radical (unpaired) electrons. The molecule has 4 heteroatoms. The number of rotatable bonds is 5. The standard InChI is InChI=1S/C24H22N2O2/c1-16-12-13-19(14-17(16)2)24(18-8-4-3-5-9-18)25-23(27)15-21-20-10-6-7-11-22(20)28-26-21/h3-14,24H,15H2,1-2H3,(H,25,27)/t24-/m0/s1. The van der Waals surface area contributed by atoms with Crippen molar-refractivity contribution < 1.29 is 9.32 Å². The van der Waals surface area contributed by atoms with Gasteiger partial charge in [0.1, 0.15) is 5.69 Å². The number of carbonyl (C=O) groups excluding carboxylic acids is 1. The summed E-state index contributed by atoms with van der Waals surface area (Å²) in [5.41, 5.74) is 5.89. The molecule has 0 unspecified atom stereocenters. The van der Waals surface area contributed by atoms with Crippen molar-refractivity contribution in [2.24, 2.45) is 0 Å². The zero-order valence-electron chi connectivity index (χ0n) is 16.0. The molecule has 1 aromatic heterocycles. The van der Waals surface area contributed by atoms with E-state index in [1.54, 1.807) is 0 Å². The highest BCUT2D eigenvalue weighted by Crippen LogP contribution is 2.25. The zero-order valence-corrected chi connectivity index (χ0v) is 16.0. The number of fused-ring (bicyclic) bond motifs is 1. The van der Waals surface area contributed by atoms with Crippen LogP contribution in [0.5, 0.6) is 0 Å². The number of aryl methyl sites for hydroxylation is 2. The highest BCUT2D eigenvalue weighted by Gasteiger charge is 2.19. The van der Waals surface area contributed by atoms with Crippen LogP contribution in [0.1, 0.15) is 34.0 Å². The molecule has 0 fully saturated rings. The summed E-state index contributed by atoms with van der Waals surface area (Å²) in [4.78, 5) is 12.9. The molecular formula is C24H22N2O2. The van der Waals surface area contributed by atoms with Gasteiger partial charge in [-0.05, 0) is 48.2 Å². The van der Waals surface area contributed by atoms with E-state index in [0.717, 1.165) is 16.5 Å². The summed E-state index contributed by atoms with van der Waals surface area (Å²) in [6.07, 6.45) is 0.172. The molecule has 28 heavy (non-hydrogen) atoms. The number of nitrogens with zero attached hydrogens (tertiary/aromatic N) is 1. The molecular weight excluding hydrogens is 348 g/mol. The Hall–Kier alpha value is -3.40. The normalized spacial score (nSPS) is 12.1. The lowest BCUT2D eigenvalue weighted by Crippen LogP contribution is -2.30. The lowest BCUT2D eigenvalue weighted by Gasteiger charge is -2.20. The summed E-state index contributed by atoms with van der Waals surface area (Å²) < 4.78 is 5.32. The molecule has 0 saturated carbocycles. The molecule has 1 heterocycles. The number of amides is 1. The Morgan fingerprint density at radius 2 is 1.68 bits per heavy atom. The fraction of sp³-hybridized carbons (Fsp3) is 0.167. The number of hydrogen-bond donors (Lipinski definition) is 1. The second-order valence-corrected chi connectivity index (χ2v) is 7.06. The van der Waals surface area contributed by atoms with Crippen molar-refractivity contribution in [2.45, 2.75) is 26.3 Å². The molecule has 4 aromatic rings. The maximum Gasteiger partial charge on any atom is 0.226 e. The fourth-order valence-electron chi connectivity index (χ4n) is 3.38. The van der Waals surface area contributed by atoms with Crippen LogP contribution in [-0.4, -0.2) is 11.1 Å². The third-order valence-electron chi connectivity index (χ3n) is 5.08. The van der Waals surface area contributed by atoms with Gasteiger partial charge in [-0.2, -0.15) is 0 Å². The van der Waals surface area contributed by atoms with Gasteiger partial charge in [0, 0.05) is 5.39 Å². The maximum absolute atomic E-state index is 12.9. The van der Waals surface area contributed by atoms with Gasteiger partial charge in [0.25, 0.3) is 0 Å². The molecule has 0 aliphatic carbocycles. The van der Waals surface area contributed by atoms with E-state index in [2.05, 4.69) is 42.5 Å². The van der Waals surface area contributed by atoms with Crippen LogP contribution in [-0.2, 0) is 11.2 Å². The topological polar surface area (TPSA) is 55.1 Å². The van der Waals surface area contributed by atoms with E-state index in [1.165, 1.54) is 11.1 Å². The lowest BCUT2D eigenvalue weighted by atomic mass is 9.95. The summed E-state index contributed by atoms with van der Waals surface area (Å²) in [5, 5.41) is 8.13. The second kappa shape index (κ2) is 7.69. The van der Waals surface area contributed by atoms with Gasteiger partial charge in [-0.15, -0.1) is 0 Å². The number of nitrogens with one attached hydrogen (secondary N) is 1. The molecule has 0 spiro atoms. The van der Waals surface area contributed by atoms with Crippen molar-refractivity contribution in [1.29, 1.82) is 0 Å². The minimum atomic E-state index is -0.217. The van der Waals surface area contributed by atoms with Crippen LogP contribution in [0.4, 0.5) is 0 Å². The van der Waals surface area contributed by atoms with Crippen molar-refractivity contribution >= 4 is 16.9 Å². The van der Waals surface area contributed by atoms with E-state index in [1.807, 2.05) is 54.6 Å². The molecule has 0 aliphatic rings. The highest BCUT2D eigenvalue weighted by atomic mass is 16.5. The number of aromatic nitrogens is 1. The SMILES string of the molecule is Cc1ccc([C@@H](NC(=O)Cc2noc3ccccc23)c2ccccc2)cc1C. The highest BCUT2D eigenvalue weighted by molar-refractivity contribution is 5.86. The molecule has 3 aromatic carbocycles. The predicted molar refractivity (Wildman–Crippen MR) is 110 cm³/mol. The summed E-state index contributed by atoms with van der Waals surface area (Å²) in [5.74, 6) is -0.0915. The Bertz CT molecular complexity index is 1120. The number of para-hydroxylation sites is 1. The van der Waals surface area contributed by atoms with Crippen LogP contribution in [0.3, 0.4) is 0 Å². The van der Waals surface area contributed by atoms with Crippen molar-refractivity contribution in [3.8, 4) is 0 Å². The van der Waals surface area contributed by atoms with Crippen molar-refractivity contribution in [1.82, 2.24) is 10.5 Å².